The molecule has 86 valence electrons. The van der Waals surface area contributed by atoms with Gasteiger partial charge in [-0.3, -0.25) is 0 Å². The van der Waals surface area contributed by atoms with Gasteiger partial charge in [0, 0.05) is 13.1 Å². The number of rotatable bonds is 1. The average Bonchev–Trinajstić information content (AvgIpc) is 2.39. The molecule has 17 heavy (non-hydrogen) atoms. The minimum atomic E-state index is 0.867. The summed E-state index contributed by atoms with van der Waals surface area (Å²) in [5.41, 5.74) is 10.9. The molecule has 0 radical (unpaired) electrons. The first-order valence-corrected chi connectivity index (χ1v) is 6.01. The molecule has 0 aliphatic carbocycles. The Hall–Kier alpha value is -1.96. The molecule has 0 spiro atoms. The summed E-state index contributed by atoms with van der Waals surface area (Å²) in [5, 5.41) is 0. The van der Waals surface area contributed by atoms with E-state index in [0.717, 1.165) is 30.9 Å². The second kappa shape index (κ2) is 4.13. The standard InChI is InChI=1S/C15H16N2/c16-14-7-3-4-8-15(14)17-10-9-12-5-1-2-6-13(12)11-17/h1-8H,9-11,16H2. The molecule has 0 fully saturated rings. The highest BCUT2D eigenvalue weighted by Gasteiger charge is 2.17. The summed E-state index contributed by atoms with van der Waals surface area (Å²) >= 11 is 0. The second-order valence-corrected chi connectivity index (χ2v) is 4.50. The van der Waals surface area contributed by atoms with Crippen LogP contribution in [-0.4, -0.2) is 6.54 Å². The maximum Gasteiger partial charge on any atom is 0.0603 e. The minimum Gasteiger partial charge on any atom is -0.397 e. The molecule has 2 heteroatoms. The maximum atomic E-state index is 6.03. The first kappa shape index (κ1) is 10.2. The molecule has 0 amide bonds. The third-order valence-corrected chi connectivity index (χ3v) is 3.41. The summed E-state index contributed by atoms with van der Waals surface area (Å²) in [4.78, 5) is 2.36. The lowest BCUT2D eigenvalue weighted by atomic mass is 9.99. The number of benzene rings is 2. The largest absolute Gasteiger partial charge is 0.397 e. The van der Waals surface area contributed by atoms with Crippen molar-refractivity contribution in [2.75, 3.05) is 17.2 Å². The third kappa shape index (κ3) is 1.86. The Morgan fingerprint density at radius 3 is 2.41 bits per heavy atom. The van der Waals surface area contributed by atoms with Crippen LogP contribution in [0.5, 0.6) is 0 Å². The average molecular weight is 224 g/mol. The zero-order valence-corrected chi connectivity index (χ0v) is 9.76. The van der Waals surface area contributed by atoms with E-state index in [0.29, 0.717) is 0 Å². The fraction of sp³-hybridized carbons (Fsp3) is 0.200. The smallest absolute Gasteiger partial charge is 0.0603 e. The molecule has 0 saturated carbocycles. The van der Waals surface area contributed by atoms with Gasteiger partial charge < -0.3 is 10.6 Å². The Labute approximate surface area is 102 Å². The van der Waals surface area contributed by atoms with Crippen LogP contribution in [0.1, 0.15) is 11.1 Å². The van der Waals surface area contributed by atoms with Gasteiger partial charge in [-0.2, -0.15) is 0 Å². The van der Waals surface area contributed by atoms with Crippen LogP contribution in [0, 0.1) is 0 Å². The predicted molar refractivity (Wildman–Crippen MR) is 72.1 cm³/mol. The van der Waals surface area contributed by atoms with E-state index in [2.05, 4.69) is 35.2 Å². The molecule has 3 rings (SSSR count). The lowest BCUT2D eigenvalue weighted by Crippen LogP contribution is -2.30. The van der Waals surface area contributed by atoms with Gasteiger partial charge in [0.1, 0.15) is 0 Å². The van der Waals surface area contributed by atoms with Gasteiger partial charge in [0.2, 0.25) is 0 Å². The topological polar surface area (TPSA) is 29.3 Å². The van der Waals surface area contributed by atoms with Gasteiger partial charge in [0.05, 0.1) is 11.4 Å². The van der Waals surface area contributed by atoms with Crippen molar-refractivity contribution >= 4 is 11.4 Å². The highest BCUT2D eigenvalue weighted by Crippen LogP contribution is 2.28. The van der Waals surface area contributed by atoms with Gasteiger partial charge in [-0.1, -0.05) is 36.4 Å². The van der Waals surface area contributed by atoms with Gasteiger partial charge in [-0.05, 0) is 29.7 Å². The Morgan fingerprint density at radius 1 is 0.882 bits per heavy atom. The van der Waals surface area contributed by atoms with E-state index in [1.165, 1.54) is 11.1 Å². The molecule has 2 N–H and O–H groups in total. The lowest BCUT2D eigenvalue weighted by molar-refractivity contribution is 0.733. The van der Waals surface area contributed by atoms with Crippen LogP contribution in [0.4, 0.5) is 11.4 Å². The molecule has 2 nitrogen and oxygen atoms in total. The number of fused-ring (bicyclic) bond motifs is 1. The fourth-order valence-corrected chi connectivity index (χ4v) is 2.48. The van der Waals surface area contributed by atoms with E-state index >= 15 is 0 Å². The van der Waals surface area contributed by atoms with E-state index in [4.69, 9.17) is 5.73 Å². The Bertz CT molecular complexity index is 534. The van der Waals surface area contributed by atoms with Crippen molar-refractivity contribution in [1.29, 1.82) is 0 Å². The van der Waals surface area contributed by atoms with Gasteiger partial charge in [-0.15, -0.1) is 0 Å². The molecule has 0 aromatic heterocycles. The molecule has 1 aliphatic heterocycles. The van der Waals surface area contributed by atoms with Crippen molar-refractivity contribution in [3.05, 3.63) is 59.7 Å². The first-order chi connectivity index (χ1) is 8.34. The number of nitrogens with two attached hydrogens (primary N) is 1. The molecule has 1 aliphatic rings. The zero-order chi connectivity index (χ0) is 11.7. The normalized spacial score (nSPS) is 14.5. The molecular weight excluding hydrogens is 208 g/mol. The molecular formula is C15H16N2. The molecule has 0 unspecified atom stereocenters. The monoisotopic (exact) mass is 224 g/mol. The maximum absolute atomic E-state index is 6.03. The minimum absolute atomic E-state index is 0.867. The molecule has 2 aromatic carbocycles. The lowest BCUT2D eigenvalue weighted by Gasteiger charge is -2.31. The van der Waals surface area contributed by atoms with Gasteiger partial charge in [-0.25, -0.2) is 0 Å². The van der Waals surface area contributed by atoms with Crippen LogP contribution >= 0.6 is 0 Å². The third-order valence-electron chi connectivity index (χ3n) is 3.41. The van der Waals surface area contributed by atoms with Crippen molar-refractivity contribution in [3.63, 3.8) is 0 Å². The van der Waals surface area contributed by atoms with Gasteiger partial charge in [0.15, 0.2) is 0 Å². The highest BCUT2D eigenvalue weighted by molar-refractivity contribution is 5.67. The number of para-hydroxylation sites is 2. The van der Waals surface area contributed by atoms with Crippen molar-refractivity contribution in [2.24, 2.45) is 0 Å². The van der Waals surface area contributed by atoms with E-state index < -0.39 is 0 Å². The highest BCUT2D eigenvalue weighted by atomic mass is 15.1. The van der Waals surface area contributed by atoms with Crippen LogP contribution in [0.15, 0.2) is 48.5 Å². The molecule has 0 saturated heterocycles. The van der Waals surface area contributed by atoms with E-state index in [9.17, 15) is 0 Å². The van der Waals surface area contributed by atoms with Crippen LogP contribution in [0.25, 0.3) is 0 Å². The Morgan fingerprint density at radius 2 is 1.59 bits per heavy atom. The van der Waals surface area contributed by atoms with E-state index in [1.54, 1.807) is 0 Å². The first-order valence-electron chi connectivity index (χ1n) is 6.01. The summed E-state index contributed by atoms with van der Waals surface area (Å²) in [7, 11) is 0. The van der Waals surface area contributed by atoms with E-state index in [1.807, 2.05) is 18.2 Å². The molecule has 0 atom stereocenters. The van der Waals surface area contributed by atoms with Gasteiger partial charge in [0.25, 0.3) is 0 Å². The zero-order valence-electron chi connectivity index (χ0n) is 9.76. The van der Waals surface area contributed by atoms with Crippen molar-refractivity contribution in [1.82, 2.24) is 0 Å². The summed E-state index contributed by atoms with van der Waals surface area (Å²) in [6.45, 7) is 2.01. The predicted octanol–water partition coefficient (Wildman–Crippen LogP) is 2.83. The van der Waals surface area contributed by atoms with Crippen LogP contribution < -0.4 is 10.6 Å². The number of nitrogens with zero attached hydrogens (tertiary/aromatic N) is 1. The van der Waals surface area contributed by atoms with Crippen molar-refractivity contribution < 1.29 is 0 Å². The number of anilines is 2. The SMILES string of the molecule is Nc1ccccc1N1CCc2ccccc2C1. The fourth-order valence-electron chi connectivity index (χ4n) is 2.48. The van der Waals surface area contributed by atoms with Gasteiger partial charge >= 0.3 is 0 Å². The summed E-state index contributed by atoms with van der Waals surface area (Å²) in [5.74, 6) is 0. The van der Waals surface area contributed by atoms with Crippen molar-refractivity contribution in [3.8, 4) is 0 Å². The summed E-state index contributed by atoms with van der Waals surface area (Å²) in [6.07, 6.45) is 1.10. The number of nitrogen functional groups attached to an aromatic ring is 1. The van der Waals surface area contributed by atoms with E-state index in [-0.39, 0.29) is 0 Å². The Kier molecular flexibility index (Phi) is 2.48. The Balaban J connectivity index is 1.92. The van der Waals surface area contributed by atoms with Crippen molar-refractivity contribution in [2.45, 2.75) is 13.0 Å². The second-order valence-electron chi connectivity index (χ2n) is 4.50. The van der Waals surface area contributed by atoms with Crippen LogP contribution in [-0.2, 0) is 13.0 Å². The van der Waals surface area contributed by atoms with Crippen LogP contribution in [0.2, 0.25) is 0 Å². The summed E-state index contributed by atoms with van der Waals surface area (Å²) in [6, 6.07) is 16.8. The number of hydrogen-bond donors (Lipinski definition) is 1. The number of hydrogen-bond acceptors (Lipinski definition) is 2. The molecule has 1 heterocycles. The molecule has 0 bridgehead atoms. The quantitative estimate of drug-likeness (QED) is 0.755. The summed E-state index contributed by atoms with van der Waals surface area (Å²) < 4.78 is 0. The molecule has 2 aromatic rings. The van der Waals surface area contributed by atoms with Crippen LogP contribution in [0.3, 0.4) is 0 Å².